The zero-order valence-corrected chi connectivity index (χ0v) is 12.4. The molecule has 3 aromatic rings. The van der Waals surface area contributed by atoms with Crippen LogP contribution in [0.5, 0.6) is 0 Å². The maximum absolute atomic E-state index is 4.62. The molecule has 2 heterocycles. The van der Waals surface area contributed by atoms with Gasteiger partial charge in [-0.15, -0.1) is 0 Å². The summed E-state index contributed by atoms with van der Waals surface area (Å²) in [7, 11) is 2.14. The number of aryl methyl sites for hydroxylation is 4. The molecule has 1 aromatic carbocycles. The highest BCUT2D eigenvalue weighted by molar-refractivity contribution is 5.86. The summed E-state index contributed by atoms with van der Waals surface area (Å²) < 4.78 is 2.28. The van der Waals surface area contributed by atoms with E-state index >= 15 is 0 Å². The average Bonchev–Trinajstić information content (AvgIpc) is 2.72. The topological polar surface area (TPSA) is 17.8 Å². The molecule has 0 spiro atoms. The maximum Gasteiger partial charge on any atom is 0.0701 e. The number of aromatic nitrogens is 2. The van der Waals surface area contributed by atoms with Crippen LogP contribution in [0, 0.1) is 13.8 Å². The third-order valence-electron chi connectivity index (χ3n) is 4.28. The fourth-order valence-corrected chi connectivity index (χ4v) is 2.88. The van der Waals surface area contributed by atoms with Crippen LogP contribution in [-0.4, -0.2) is 9.55 Å². The first-order valence-corrected chi connectivity index (χ1v) is 7.12. The number of hydrogen-bond acceptors (Lipinski definition) is 1. The maximum atomic E-state index is 4.62. The molecule has 20 heavy (non-hydrogen) atoms. The standard InChI is InChI=1S/C18H20N2/c1-13-14(2)20(3)18-16(13)11-12-19-17(18)10-9-15-7-5-4-6-8-15/h4-8,11-12H,9-10H2,1-3H3. The number of hydrogen-bond donors (Lipinski definition) is 0. The number of fused-ring (bicyclic) bond motifs is 1. The van der Waals surface area contributed by atoms with Crippen LogP contribution >= 0.6 is 0 Å². The smallest absolute Gasteiger partial charge is 0.0701 e. The van der Waals surface area contributed by atoms with Crippen molar-refractivity contribution in [3.63, 3.8) is 0 Å². The van der Waals surface area contributed by atoms with Crippen molar-refractivity contribution in [3.8, 4) is 0 Å². The molecule has 0 N–H and O–H groups in total. The minimum Gasteiger partial charge on any atom is -0.346 e. The molecule has 0 aliphatic heterocycles. The Balaban J connectivity index is 1.98. The molecule has 0 saturated carbocycles. The lowest BCUT2D eigenvalue weighted by atomic mass is 10.1. The Kier molecular flexibility index (Phi) is 3.31. The van der Waals surface area contributed by atoms with Crippen molar-refractivity contribution in [2.75, 3.05) is 0 Å². The van der Waals surface area contributed by atoms with E-state index in [1.807, 2.05) is 6.20 Å². The van der Waals surface area contributed by atoms with Gasteiger partial charge in [-0.3, -0.25) is 4.98 Å². The number of nitrogens with zero attached hydrogens (tertiary/aromatic N) is 2. The Morgan fingerprint density at radius 1 is 1.00 bits per heavy atom. The van der Waals surface area contributed by atoms with Crippen molar-refractivity contribution in [1.82, 2.24) is 9.55 Å². The minimum absolute atomic E-state index is 0.984. The van der Waals surface area contributed by atoms with E-state index in [0.717, 1.165) is 12.8 Å². The summed E-state index contributed by atoms with van der Waals surface area (Å²) >= 11 is 0. The highest BCUT2D eigenvalue weighted by atomic mass is 15.0. The van der Waals surface area contributed by atoms with Crippen LogP contribution in [0.2, 0.25) is 0 Å². The fourth-order valence-electron chi connectivity index (χ4n) is 2.88. The third kappa shape index (κ3) is 2.11. The van der Waals surface area contributed by atoms with Crippen molar-refractivity contribution >= 4 is 10.9 Å². The predicted molar refractivity (Wildman–Crippen MR) is 84.0 cm³/mol. The molecule has 0 saturated heterocycles. The summed E-state index contributed by atoms with van der Waals surface area (Å²) in [5, 5.41) is 1.34. The summed E-state index contributed by atoms with van der Waals surface area (Å²) in [6, 6.07) is 12.7. The minimum atomic E-state index is 0.984. The van der Waals surface area contributed by atoms with Gasteiger partial charge in [0.15, 0.2) is 0 Å². The lowest BCUT2D eigenvalue weighted by molar-refractivity contribution is 0.870. The van der Waals surface area contributed by atoms with E-state index in [4.69, 9.17) is 0 Å². The van der Waals surface area contributed by atoms with E-state index in [2.05, 4.69) is 66.8 Å². The normalized spacial score (nSPS) is 11.2. The Bertz CT molecular complexity index is 739. The fraction of sp³-hybridized carbons (Fsp3) is 0.278. The SMILES string of the molecule is Cc1c(C)n(C)c2c(CCc3ccccc3)nccc12. The molecular formula is C18H20N2. The van der Waals surface area contributed by atoms with Crippen LogP contribution in [0.3, 0.4) is 0 Å². The van der Waals surface area contributed by atoms with Crippen molar-refractivity contribution in [3.05, 3.63) is 65.1 Å². The molecule has 2 aromatic heterocycles. The molecule has 0 aliphatic carbocycles. The second-order valence-electron chi connectivity index (χ2n) is 5.41. The van der Waals surface area contributed by atoms with Gasteiger partial charge in [0.1, 0.15) is 0 Å². The van der Waals surface area contributed by atoms with E-state index in [9.17, 15) is 0 Å². The highest BCUT2D eigenvalue weighted by Gasteiger charge is 2.12. The predicted octanol–water partition coefficient (Wildman–Crippen LogP) is 3.98. The molecule has 0 radical (unpaired) electrons. The number of rotatable bonds is 3. The van der Waals surface area contributed by atoms with Crippen molar-refractivity contribution < 1.29 is 0 Å². The van der Waals surface area contributed by atoms with Gasteiger partial charge < -0.3 is 4.57 Å². The van der Waals surface area contributed by atoms with Gasteiger partial charge >= 0.3 is 0 Å². The third-order valence-corrected chi connectivity index (χ3v) is 4.28. The van der Waals surface area contributed by atoms with Crippen LogP contribution in [0.25, 0.3) is 10.9 Å². The first-order chi connectivity index (χ1) is 9.68. The van der Waals surface area contributed by atoms with Gasteiger partial charge in [-0.25, -0.2) is 0 Å². The second kappa shape index (κ2) is 5.12. The van der Waals surface area contributed by atoms with E-state index in [0.29, 0.717) is 0 Å². The lowest BCUT2D eigenvalue weighted by Gasteiger charge is -2.06. The zero-order valence-electron chi connectivity index (χ0n) is 12.4. The molecule has 3 rings (SSSR count). The van der Waals surface area contributed by atoms with Crippen LogP contribution in [-0.2, 0) is 19.9 Å². The van der Waals surface area contributed by atoms with E-state index in [-0.39, 0.29) is 0 Å². The molecule has 0 atom stereocenters. The lowest BCUT2D eigenvalue weighted by Crippen LogP contribution is -1.99. The Labute approximate surface area is 120 Å². The largest absolute Gasteiger partial charge is 0.346 e. The van der Waals surface area contributed by atoms with E-state index < -0.39 is 0 Å². The first kappa shape index (κ1) is 12.9. The highest BCUT2D eigenvalue weighted by Crippen LogP contribution is 2.26. The zero-order chi connectivity index (χ0) is 14.1. The van der Waals surface area contributed by atoms with Crippen molar-refractivity contribution in [1.29, 1.82) is 0 Å². The van der Waals surface area contributed by atoms with E-state index in [1.165, 1.54) is 33.4 Å². The molecule has 2 heteroatoms. The van der Waals surface area contributed by atoms with Crippen LogP contribution in [0.1, 0.15) is 22.5 Å². The van der Waals surface area contributed by atoms with Gasteiger partial charge in [0, 0.05) is 24.3 Å². The monoisotopic (exact) mass is 264 g/mol. The van der Waals surface area contributed by atoms with Gasteiger partial charge in [-0.05, 0) is 43.9 Å². The number of pyridine rings is 1. The molecule has 0 amide bonds. The molecular weight excluding hydrogens is 244 g/mol. The van der Waals surface area contributed by atoms with Crippen molar-refractivity contribution in [2.24, 2.45) is 7.05 Å². The van der Waals surface area contributed by atoms with Crippen LogP contribution < -0.4 is 0 Å². The average molecular weight is 264 g/mol. The summed E-state index contributed by atoms with van der Waals surface area (Å²) in [5.74, 6) is 0. The Hall–Kier alpha value is -2.09. The van der Waals surface area contributed by atoms with Gasteiger partial charge in [0.25, 0.3) is 0 Å². The quantitative estimate of drug-likeness (QED) is 0.699. The summed E-state index contributed by atoms with van der Waals surface area (Å²) in [4.78, 5) is 4.62. The molecule has 0 fully saturated rings. The summed E-state index contributed by atoms with van der Waals surface area (Å²) in [6.45, 7) is 4.37. The van der Waals surface area contributed by atoms with Crippen LogP contribution in [0.4, 0.5) is 0 Å². The van der Waals surface area contributed by atoms with Gasteiger partial charge in [-0.1, -0.05) is 30.3 Å². The van der Waals surface area contributed by atoms with Crippen molar-refractivity contribution in [2.45, 2.75) is 26.7 Å². The van der Waals surface area contributed by atoms with E-state index in [1.54, 1.807) is 0 Å². The Morgan fingerprint density at radius 3 is 2.50 bits per heavy atom. The Morgan fingerprint density at radius 2 is 1.75 bits per heavy atom. The number of benzene rings is 1. The molecule has 102 valence electrons. The van der Waals surface area contributed by atoms with Crippen LogP contribution in [0.15, 0.2) is 42.6 Å². The van der Waals surface area contributed by atoms with Gasteiger partial charge in [0.2, 0.25) is 0 Å². The molecule has 0 aliphatic rings. The first-order valence-electron chi connectivity index (χ1n) is 7.12. The van der Waals surface area contributed by atoms with Gasteiger partial charge in [-0.2, -0.15) is 0 Å². The van der Waals surface area contributed by atoms with Gasteiger partial charge in [0.05, 0.1) is 11.2 Å². The molecule has 0 bridgehead atoms. The molecule has 2 nitrogen and oxygen atoms in total. The molecule has 0 unspecified atom stereocenters. The summed E-state index contributed by atoms with van der Waals surface area (Å²) in [6.07, 6.45) is 3.96. The summed E-state index contributed by atoms with van der Waals surface area (Å²) in [5.41, 5.74) is 6.55. The second-order valence-corrected chi connectivity index (χ2v) is 5.41.